The topological polar surface area (TPSA) is 69.3 Å². The minimum Gasteiger partial charge on any atom is -0.491 e. The molecular formula is C14H17N3O2. The van der Waals surface area contributed by atoms with Gasteiger partial charge in [0.25, 0.3) is 5.91 Å². The van der Waals surface area contributed by atoms with Crippen LogP contribution in [0.3, 0.4) is 0 Å². The summed E-state index contributed by atoms with van der Waals surface area (Å²) in [7, 11) is 0. The summed E-state index contributed by atoms with van der Waals surface area (Å²) in [6.07, 6.45) is 1.94. The van der Waals surface area contributed by atoms with Gasteiger partial charge < -0.3 is 9.30 Å². The zero-order valence-corrected chi connectivity index (χ0v) is 11.0. The van der Waals surface area contributed by atoms with Gasteiger partial charge in [-0.1, -0.05) is 0 Å². The first-order chi connectivity index (χ1) is 9.11. The van der Waals surface area contributed by atoms with E-state index in [0.717, 1.165) is 11.4 Å². The van der Waals surface area contributed by atoms with Crippen LogP contribution in [0.4, 0.5) is 0 Å². The molecule has 1 aromatic carbocycles. The molecule has 5 heteroatoms. The quantitative estimate of drug-likeness (QED) is 0.500. The Hall–Kier alpha value is -2.27. The van der Waals surface area contributed by atoms with Crippen molar-refractivity contribution in [2.45, 2.75) is 20.0 Å². The van der Waals surface area contributed by atoms with Crippen LogP contribution in [0.15, 0.2) is 42.6 Å². The van der Waals surface area contributed by atoms with E-state index in [0.29, 0.717) is 5.69 Å². The van der Waals surface area contributed by atoms with Crippen molar-refractivity contribution in [2.24, 2.45) is 5.84 Å². The van der Waals surface area contributed by atoms with Gasteiger partial charge in [-0.15, -0.1) is 0 Å². The molecule has 0 radical (unpaired) electrons. The third-order valence-corrected chi connectivity index (χ3v) is 2.60. The van der Waals surface area contributed by atoms with Crippen LogP contribution in [-0.4, -0.2) is 16.6 Å². The summed E-state index contributed by atoms with van der Waals surface area (Å²) in [5, 5.41) is 0. The van der Waals surface area contributed by atoms with Gasteiger partial charge in [-0.3, -0.25) is 10.2 Å². The molecule has 0 bridgehead atoms. The maximum absolute atomic E-state index is 11.6. The zero-order chi connectivity index (χ0) is 13.8. The van der Waals surface area contributed by atoms with E-state index < -0.39 is 0 Å². The molecule has 0 aliphatic rings. The Morgan fingerprint density at radius 2 is 1.95 bits per heavy atom. The zero-order valence-electron chi connectivity index (χ0n) is 11.0. The van der Waals surface area contributed by atoms with E-state index in [1.807, 2.05) is 44.3 Å². The summed E-state index contributed by atoms with van der Waals surface area (Å²) in [6.45, 7) is 3.95. The molecule has 19 heavy (non-hydrogen) atoms. The van der Waals surface area contributed by atoms with E-state index in [1.54, 1.807) is 16.7 Å². The van der Waals surface area contributed by atoms with Crippen molar-refractivity contribution in [1.82, 2.24) is 9.99 Å². The summed E-state index contributed by atoms with van der Waals surface area (Å²) in [5.74, 6) is 5.63. The highest BCUT2D eigenvalue weighted by molar-refractivity contribution is 5.92. The average molecular weight is 259 g/mol. The standard InChI is InChI=1S/C14H17N3O2/c1-10(2)19-12-7-5-11(6-8-12)17-9-3-4-13(17)14(18)16-15/h3-10H,15H2,1-2H3,(H,16,18). The van der Waals surface area contributed by atoms with E-state index in [-0.39, 0.29) is 12.0 Å². The Balaban J connectivity index is 2.28. The van der Waals surface area contributed by atoms with Gasteiger partial charge in [0.05, 0.1) is 6.10 Å². The summed E-state index contributed by atoms with van der Waals surface area (Å²) < 4.78 is 7.34. The first-order valence-electron chi connectivity index (χ1n) is 6.07. The Labute approximate surface area is 112 Å². The number of hydrazine groups is 1. The van der Waals surface area contributed by atoms with E-state index in [2.05, 4.69) is 5.43 Å². The van der Waals surface area contributed by atoms with Crippen LogP contribution in [0.5, 0.6) is 5.75 Å². The Kier molecular flexibility index (Phi) is 3.87. The van der Waals surface area contributed by atoms with Crippen LogP contribution < -0.4 is 16.0 Å². The fraction of sp³-hybridized carbons (Fsp3) is 0.214. The third-order valence-electron chi connectivity index (χ3n) is 2.60. The van der Waals surface area contributed by atoms with Gasteiger partial charge in [0.1, 0.15) is 11.4 Å². The molecule has 0 atom stereocenters. The third kappa shape index (κ3) is 2.95. The predicted molar refractivity (Wildman–Crippen MR) is 73.2 cm³/mol. The molecule has 100 valence electrons. The monoisotopic (exact) mass is 259 g/mol. The lowest BCUT2D eigenvalue weighted by molar-refractivity contribution is 0.0947. The second kappa shape index (κ2) is 5.58. The number of carbonyl (C=O) groups is 1. The number of rotatable bonds is 4. The number of amides is 1. The molecule has 0 fully saturated rings. The first-order valence-corrected chi connectivity index (χ1v) is 6.07. The molecule has 2 rings (SSSR count). The Morgan fingerprint density at radius 1 is 1.26 bits per heavy atom. The van der Waals surface area contributed by atoms with Crippen LogP contribution in [0.2, 0.25) is 0 Å². The molecule has 0 saturated carbocycles. The van der Waals surface area contributed by atoms with E-state index >= 15 is 0 Å². The number of ether oxygens (including phenoxy) is 1. The maximum Gasteiger partial charge on any atom is 0.282 e. The number of hydrogen-bond acceptors (Lipinski definition) is 3. The molecular weight excluding hydrogens is 242 g/mol. The minimum absolute atomic E-state index is 0.135. The fourth-order valence-electron chi connectivity index (χ4n) is 1.82. The van der Waals surface area contributed by atoms with E-state index in [9.17, 15) is 4.79 Å². The van der Waals surface area contributed by atoms with Crippen LogP contribution >= 0.6 is 0 Å². The predicted octanol–water partition coefficient (Wildman–Crippen LogP) is 1.87. The molecule has 0 spiro atoms. The lowest BCUT2D eigenvalue weighted by atomic mass is 10.3. The maximum atomic E-state index is 11.6. The molecule has 0 saturated heterocycles. The highest BCUT2D eigenvalue weighted by Gasteiger charge is 2.10. The molecule has 0 aliphatic carbocycles. The van der Waals surface area contributed by atoms with Crippen molar-refractivity contribution in [3.8, 4) is 11.4 Å². The van der Waals surface area contributed by atoms with E-state index in [4.69, 9.17) is 10.6 Å². The van der Waals surface area contributed by atoms with Crippen LogP contribution in [-0.2, 0) is 0 Å². The number of nitrogens with one attached hydrogen (secondary N) is 1. The second-order valence-corrected chi connectivity index (χ2v) is 4.40. The largest absolute Gasteiger partial charge is 0.491 e. The van der Waals surface area contributed by atoms with E-state index in [1.165, 1.54) is 0 Å². The molecule has 3 N–H and O–H groups in total. The summed E-state index contributed by atoms with van der Waals surface area (Å²) >= 11 is 0. The normalized spacial score (nSPS) is 10.5. The minimum atomic E-state index is -0.326. The van der Waals surface area contributed by atoms with Gasteiger partial charge in [-0.25, -0.2) is 5.84 Å². The molecule has 0 aliphatic heterocycles. The lowest BCUT2D eigenvalue weighted by Crippen LogP contribution is -2.31. The van der Waals surface area contributed by atoms with Gasteiger partial charge in [-0.05, 0) is 50.2 Å². The Morgan fingerprint density at radius 3 is 2.53 bits per heavy atom. The highest BCUT2D eigenvalue weighted by atomic mass is 16.5. The second-order valence-electron chi connectivity index (χ2n) is 4.40. The molecule has 1 aromatic heterocycles. The smallest absolute Gasteiger partial charge is 0.282 e. The van der Waals surface area contributed by atoms with Gasteiger partial charge in [0.15, 0.2) is 0 Å². The summed E-state index contributed by atoms with van der Waals surface area (Å²) in [4.78, 5) is 11.6. The fourth-order valence-corrected chi connectivity index (χ4v) is 1.82. The van der Waals surface area contributed by atoms with Crippen LogP contribution in [0.1, 0.15) is 24.3 Å². The number of hydrogen-bond donors (Lipinski definition) is 2. The van der Waals surface area contributed by atoms with Crippen molar-refractivity contribution in [3.63, 3.8) is 0 Å². The summed E-state index contributed by atoms with van der Waals surface area (Å²) in [6, 6.07) is 11.0. The highest BCUT2D eigenvalue weighted by Crippen LogP contribution is 2.18. The number of nitrogens with two attached hydrogens (primary N) is 1. The Bertz CT molecular complexity index is 558. The number of nitrogen functional groups attached to an aromatic ring is 1. The molecule has 1 heterocycles. The molecule has 1 amide bonds. The van der Waals surface area contributed by atoms with Gasteiger partial charge in [-0.2, -0.15) is 0 Å². The number of carbonyl (C=O) groups excluding carboxylic acids is 1. The molecule has 2 aromatic rings. The average Bonchev–Trinajstić information content (AvgIpc) is 2.87. The van der Waals surface area contributed by atoms with Gasteiger partial charge in [0, 0.05) is 11.9 Å². The van der Waals surface area contributed by atoms with Gasteiger partial charge >= 0.3 is 0 Å². The van der Waals surface area contributed by atoms with Crippen molar-refractivity contribution in [3.05, 3.63) is 48.3 Å². The summed E-state index contributed by atoms with van der Waals surface area (Å²) in [5.41, 5.74) is 3.49. The van der Waals surface area contributed by atoms with Crippen molar-refractivity contribution in [2.75, 3.05) is 0 Å². The van der Waals surface area contributed by atoms with Crippen molar-refractivity contribution in [1.29, 1.82) is 0 Å². The molecule has 5 nitrogen and oxygen atoms in total. The number of aromatic nitrogens is 1. The lowest BCUT2D eigenvalue weighted by Gasteiger charge is -2.12. The SMILES string of the molecule is CC(C)Oc1ccc(-n2cccc2C(=O)NN)cc1. The number of nitrogens with zero attached hydrogens (tertiary/aromatic N) is 1. The van der Waals surface area contributed by atoms with Crippen molar-refractivity contribution < 1.29 is 9.53 Å². The van der Waals surface area contributed by atoms with Crippen LogP contribution in [0, 0.1) is 0 Å². The number of benzene rings is 1. The van der Waals surface area contributed by atoms with Crippen LogP contribution in [0.25, 0.3) is 5.69 Å². The first kappa shape index (κ1) is 13.2. The molecule has 0 unspecified atom stereocenters. The van der Waals surface area contributed by atoms with Crippen molar-refractivity contribution >= 4 is 5.91 Å². The van der Waals surface area contributed by atoms with Gasteiger partial charge in [0.2, 0.25) is 0 Å².